The molecular formula is C25H26F3N3O4S. The van der Waals surface area contributed by atoms with Gasteiger partial charge in [0.05, 0.1) is 33.8 Å². The summed E-state index contributed by atoms with van der Waals surface area (Å²) >= 11 is 0. The molecule has 1 amide bonds. The highest BCUT2D eigenvalue weighted by atomic mass is 32.2. The van der Waals surface area contributed by atoms with Crippen molar-refractivity contribution in [3.63, 3.8) is 0 Å². The molecular weight excluding hydrogens is 495 g/mol. The maximum Gasteiger partial charge on any atom is 0.417 e. The van der Waals surface area contributed by atoms with Crippen molar-refractivity contribution in [2.24, 2.45) is 5.92 Å². The van der Waals surface area contributed by atoms with E-state index in [0.29, 0.717) is 24.1 Å². The number of carbonyl (C=O) groups is 1. The van der Waals surface area contributed by atoms with Gasteiger partial charge < -0.3 is 10.1 Å². The minimum absolute atomic E-state index is 0.115. The zero-order chi connectivity index (χ0) is 26.3. The molecule has 2 aromatic rings. The van der Waals surface area contributed by atoms with Crippen LogP contribution in [0.5, 0.6) is 0 Å². The fourth-order valence-corrected chi connectivity index (χ4v) is 6.69. The van der Waals surface area contributed by atoms with E-state index in [9.17, 15) is 31.6 Å². The average molecular weight is 522 g/mol. The summed E-state index contributed by atoms with van der Waals surface area (Å²) in [5.41, 5.74) is -0.891. The smallest absolute Gasteiger partial charge is 0.378 e. The van der Waals surface area contributed by atoms with Crippen LogP contribution in [0.2, 0.25) is 0 Å². The van der Waals surface area contributed by atoms with Crippen LogP contribution in [-0.4, -0.2) is 42.8 Å². The van der Waals surface area contributed by atoms with Crippen molar-refractivity contribution >= 4 is 15.7 Å². The van der Waals surface area contributed by atoms with E-state index in [2.05, 4.69) is 10.3 Å². The Labute approximate surface area is 207 Å². The van der Waals surface area contributed by atoms with Crippen molar-refractivity contribution < 1.29 is 31.1 Å². The third-order valence-electron chi connectivity index (χ3n) is 6.77. The van der Waals surface area contributed by atoms with Gasteiger partial charge in [0, 0.05) is 18.5 Å². The Morgan fingerprint density at radius 2 is 1.92 bits per heavy atom. The van der Waals surface area contributed by atoms with Crippen LogP contribution in [0.25, 0.3) is 11.1 Å². The first-order chi connectivity index (χ1) is 16.9. The molecule has 2 aliphatic rings. The highest BCUT2D eigenvalue weighted by molar-refractivity contribution is 7.92. The number of benzene rings is 1. The molecule has 36 heavy (non-hydrogen) atoms. The fraction of sp³-hybridized carbons (Fsp3) is 0.480. The minimum Gasteiger partial charge on any atom is -0.378 e. The molecule has 2 fully saturated rings. The van der Waals surface area contributed by atoms with Crippen molar-refractivity contribution in [3.8, 4) is 17.2 Å². The lowest BCUT2D eigenvalue weighted by atomic mass is 10.0. The van der Waals surface area contributed by atoms with E-state index in [1.54, 1.807) is 26.0 Å². The van der Waals surface area contributed by atoms with Gasteiger partial charge in [0.1, 0.15) is 5.54 Å². The lowest BCUT2D eigenvalue weighted by Crippen LogP contribution is -2.42. The van der Waals surface area contributed by atoms with Gasteiger partial charge >= 0.3 is 6.18 Å². The van der Waals surface area contributed by atoms with E-state index < -0.39 is 55.2 Å². The summed E-state index contributed by atoms with van der Waals surface area (Å²) in [6.07, 6.45) is -3.53. The topological polar surface area (TPSA) is 109 Å². The molecule has 1 N–H and O–H groups in total. The Kier molecular flexibility index (Phi) is 6.88. The van der Waals surface area contributed by atoms with Crippen molar-refractivity contribution in [2.75, 3.05) is 6.61 Å². The molecule has 4 rings (SSSR count). The number of hydrogen-bond donors (Lipinski definition) is 1. The highest BCUT2D eigenvalue weighted by Gasteiger charge is 2.51. The van der Waals surface area contributed by atoms with Gasteiger partial charge in [-0.2, -0.15) is 18.4 Å². The monoisotopic (exact) mass is 521 g/mol. The number of sulfone groups is 1. The minimum atomic E-state index is -4.92. The van der Waals surface area contributed by atoms with Crippen molar-refractivity contribution in [2.45, 2.75) is 67.5 Å². The molecule has 2 saturated carbocycles. The average Bonchev–Trinajstić information content (AvgIpc) is 3.46. The lowest BCUT2D eigenvalue weighted by Gasteiger charge is -2.20. The summed E-state index contributed by atoms with van der Waals surface area (Å²) in [7, 11) is -4.47. The standard InChI is InChI=1S/C25H26F3N3O4S/c1-3-35-21-13-18(12-19(21)23(32)31-24(14-29)7-8-24)36(33,34)22-5-4-16(11-20(22)25(26,27)28)17-6-9-30-15(2)10-17/h4-6,9-11,18-19,21H,3,7-8,12-13H2,1-2H3,(H,31,32)/t18?,19-,21?/m1/s1. The van der Waals surface area contributed by atoms with E-state index >= 15 is 0 Å². The molecule has 1 heterocycles. The van der Waals surface area contributed by atoms with Crippen molar-refractivity contribution in [1.29, 1.82) is 5.26 Å². The summed E-state index contributed by atoms with van der Waals surface area (Å²) < 4.78 is 74.9. The number of nitriles is 1. The van der Waals surface area contributed by atoms with Crippen molar-refractivity contribution in [3.05, 3.63) is 47.8 Å². The molecule has 1 aromatic heterocycles. The van der Waals surface area contributed by atoms with E-state index in [1.807, 2.05) is 6.07 Å². The molecule has 0 spiro atoms. The van der Waals surface area contributed by atoms with E-state index in [4.69, 9.17) is 4.74 Å². The summed E-state index contributed by atoms with van der Waals surface area (Å²) in [4.78, 5) is 16.1. The lowest BCUT2D eigenvalue weighted by molar-refractivity contribution is -0.139. The molecule has 192 valence electrons. The maximum absolute atomic E-state index is 14.1. The number of ether oxygens (including phenoxy) is 1. The SMILES string of the molecule is CCOC1CC(S(=O)(=O)c2ccc(-c3ccnc(C)c3)cc2C(F)(F)F)C[C@H]1C(=O)NC1(C#N)CC1. The van der Waals surface area contributed by atoms with Crippen LogP contribution in [-0.2, 0) is 25.5 Å². The zero-order valence-corrected chi connectivity index (χ0v) is 20.6. The Bertz CT molecular complexity index is 1320. The molecule has 0 radical (unpaired) electrons. The summed E-state index contributed by atoms with van der Waals surface area (Å²) in [5.74, 6) is -1.39. The number of amides is 1. The van der Waals surface area contributed by atoms with Gasteiger partial charge in [-0.15, -0.1) is 0 Å². The number of aryl methyl sites for hydroxylation is 1. The van der Waals surface area contributed by atoms with Crippen LogP contribution in [0.15, 0.2) is 41.4 Å². The number of hydrogen-bond acceptors (Lipinski definition) is 6. The molecule has 2 unspecified atom stereocenters. The van der Waals surface area contributed by atoms with Crippen LogP contribution in [0.1, 0.15) is 43.9 Å². The normalized spacial score (nSPS) is 23.2. The zero-order valence-electron chi connectivity index (χ0n) is 19.8. The molecule has 1 aromatic carbocycles. The Morgan fingerprint density at radius 1 is 1.22 bits per heavy atom. The Morgan fingerprint density at radius 3 is 2.50 bits per heavy atom. The van der Waals surface area contributed by atoms with Gasteiger partial charge in [0.15, 0.2) is 9.84 Å². The predicted octanol–water partition coefficient (Wildman–Crippen LogP) is 4.21. The Balaban J connectivity index is 1.67. The third-order valence-corrected chi connectivity index (χ3v) is 9.00. The first kappa shape index (κ1) is 26.1. The maximum atomic E-state index is 14.1. The number of halogens is 3. The van der Waals surface area contributed by atoms with Crippen LogP contribution < -0.4 is 5.32 Å². The summed E-state index contributed by atoms with van der Waals surface area (Å²) in [6, 6.07) is 8.39. The number of alkyl halides is 3. The quantitative estimate of drug-likeness (QED) is 0.585. The number of nitrogens with zero attached hydrogens (tertiary/aromatic N) is 2. The first-order valence-corrected chi connectivity index (χ1v) is 13.2. The van der Waals surface area contributed by atoms with Crippen LogP contribution in [0, 0.1) is 24.2 Å². The summed E-state index contributed by atoms with van der Waals surface area (Å²) in [6.45, 7) is 3.60. The van der Waals surface area contributed by atoms with Gasteiger partial charge in [-0.1, -0.05) is 6.07 Å². The van der Waals surface area contributed by atoms with Crippen LogP contribution >= 0.6 is 0 Å². The first-order valence-electron chi connectivity index (χ1n) is 11.6. The molecule has 3 atom stereocenters. The molecule has 7 nitrogen and oxygen atoms in total. The number of pyridine rings is 1. The highest BCUT2D eigenvalue weighted by Crippen LogP contribution is 2.43. The van der Waals surface area contributed by atoms with Gasteiger partial charge in [0.25, 0.3) is 0 Å². The molecule has 0 saturated heterocycles. The largest absolute Gasteiger partial charge is 0.417 e. The Hall–Kier alpha value is -2.97. The second-order valence-electron chi connectivity index (χ2n) is 9.32. The second-order valence-corrected chi connectivity index (χ2v) is 11.5. The molecule has 11 heteroatoms. The van der Waals surface area contributed by atoms with Gasteiger partial charge in [-0.05, 0) is 74.9 Å². The van der Waals surface area contributed by atoms with E-state index in [-0.39, 0.29) is 25.0 Å². The molecule has 2 aliphatic carbocycles. The number of carbonyl (C=O) groups excluding carboxylic acids is 1. The van der Waals surface area contributed by atoms with E-state index in [1.165, 1.54) is 12.3 Å². The van der Waals surface area contributed by atoms with Crippen LogP contribution in [0.4, 0.5) is 13.2 Å². The molecule has 0 bridgehead atoms. The summed E-state index contributed by atoms with van der Waals surface area (Å²) in [5, 5.41) is 10.7. The predicted molar refractivity (Wildman–Crippen MR) is 124 cm³/mol. The fourth-order valence-electron chi connectivity index (χ4n) is 4.68. The van der Waals surface area contributed by atoms with Crippen LogP contribution in [0.3, 0.4) is 0 Å². The number of rotatable bonds is 7. The van der Waals surface area contributed by atoms with E-state index in [0.717, 1.165) is 12.1 Å². The second kappa shape index (κ2) is 9.48. The van der Waals surface area contributed by atoms with Crippen molar-refractivity contribution in [1.82, 2.24) is 10.3 Å². The van der Waals surface area contributed by atoms with Gasteiger partial charge in [0.2, 0.25) is 5.91 Å². The molecule has 0 aliphatic heterocycles. The number of aromatic nitrogens is 1. The van der Waals surface area contributed by atoms with Gasteiger partial charge in [-0.25, -0.2) is 8.42 Å². The third kappa shape index (κ3) is 5.11. The number of nitrogens with one attached hydrogen (secondary N) is 1. The van der Waals surface area contributed by atoms with Gasteiger partial charge in [-0.3, -0.25) is 9.78 Å².